The van der Waals surface area contributed by atoms with Crippen molar-refractivity contribution in [2.24, 2.45) is 0 Å². The van der Waals surface area contributed by atoms with Gasteiger partial charge in [-0.05, 0) is 12.8 Å². The lowest BCUT2D eigenvalue weighted by atomic mass is 10.1. The molecule has 1 heterocycles. The number of carboxylic acids is 1. The van der Waals surface area contributed by atoms with Crippen LogP contribution < -0.4 is 0 Å². The van der Waals surface area contributed by atoms with Gasteiger partial charge in [-0.2, -0.15) is 0 Å². The Hall–Kier alpha value is -0.750. The maximum Gasteiger partial charge on any atom is 0.313 e. The number of amides is 1. The normalized spacial score (nSPS) is 21.4. The van der Waals surface area contributed by atoms with Gasteiger partial charge in [-0.25, -0.2) is 0 Å². The Balaban J connectivity index is 2.24. The molecule has 1 atom stereocenters. The van der Waals surface area contributed by atoms with Crippen LogP contribution in [0.25, 0.3) is 0 Å². The number of hydrogen-bond acceptors (Lipinski definition) is 4. The second-order valence-electron chi connectivity index (χ2n) is 3.52. The third-order valence-electron chi connectivity index (χ3n) is 2.20. The molecule has 0 saturated carbocycles. The zero-order chi connectivity index (χ0) is 11.3. The van der Waals surface area contributed by atoms with Crippen molar-refractivity contribution in [2.45, 2.75) is 18.9 Å². The van der Waals surface area contributed by atoms with E-state index in [0.29, 0.717) is 13.1 Å². The Bertz CT molecular complexity index is 246. The van der Waals surface area contributed by atoms with Crippen LogP contribution in [0.1, 0.15) is 12.8 Å². The quantitative estimate of drug-likeness (QED) is 0.702. The van der Waals surface area contributed by atoms with Gasteiger partial charge in [0.05, 0.1) is 17.6 Å². The summed E-state index contributed by atoms with van der Waals surface area (Å²) in [5.41, 5.74) is 0. The summed E-state index contributed by atoms with van der Waals surface area (Å²) in [5, 5.41) is 17.7. The van der Waals surface area contributed by atoms with Gasteiger partial charge in [-0.15, -0.1) is 11.8 Å². The molecule has 1 fully saturated rings. The van der Waals surface area contributed by atoms with Crippen molar-refractivity contribution in [3.8, 4) is 0 Å². The van der Waals surface area contributed by atoms with Gasteiger partial charge in [0.25, 0.3) is 0 Å². The molecule has 0 bridgehead atoms. The Labute approximate surface area is 92.4 Å². The molecule has 0 aromatic carbocycles. The minimum absolute atomic E-state index is 0.0534. The van der Waals surface area contributed by atoms with E-state index < -0.39 is 12.1 Å². The summed E-state index contributed by atoms with van der Waals surface area (Å²) in [6.45, 7) is 1.05. The van der Waals surface area contributed by atoms with Gasteiger partial charge in [0.15, 0.2) is 0 Å². The molecule has 1 aliphatic rings. The summed E-state index contributed by atoms with van der Waals surface area (Å²) in [5.74, 6) is -0.868. The highest BCUT2D eigenvalue weighted by Gasteiger charge is 2.21. The van der Waals surface area contributed by atoms with Crippen molar-refractivity contribution < 1.29 is 19.8 Å². The van der Waals surface area contributed by atoms with Crippen LogP contribution in [0.5, 0.6) is 0 Å². The predicted molar refractivity (Wildman–Crippen MR) is 56.8 cm³/mol. The summed E-state index contributed by atoms with van der Waals surface area (Å²) in [6.07, 6.45) is 1.13. The summed E-state index contributed by atoms with van der Waals surface area (Å²) >= 11 is 1.09. The van der Waals surface area contributed by atoms with Gasteiger partial charge in [0.2, 0.25) is 5.91 Å². The highest BCUT2D eigenvalue weighted by molar-refractivity contribution is 8.00. The van der Waals surface area contributed by atoms with Gasteiger partial charge in [0, 0.05) is 13.1 Å². The monoisotopic (exact) mass is 233 g/mol. The second kappa shape index (κ2) is 5.97. The third kappa shape index (κ3) is 4.53. The molecule has 0 aliphatic carbocycles. The van der Waals surface area contributed by atoms with E-state index >= 15 is 0 Å². The van der Waals surface area contributed by atoms with Crippen LogP contribution in [0.2, 0.25) is 0 Å². The first-order chi connectivity index (χ1) is 7.09. The summed E-state index contributed by atoms with van der Waals surface area (Å²) in [6, 6.07) is 0. The van der Waals surface area contributed by atoms with Crippen molar-refractivity contribution in [1.82, 2.24) is 4.90 Å². The minimum atomic E-state index is -0.911. The number of hydrogen-bond donors (Lipinski definition) is 2. The maximum absolute atomic E-state index is 11.5. The van der Waals surface area contributed by atoms with Crippen molar-refractivity contribution >= 4 is 23.6 Å². The first-order valence-corrected chi connectivity index (χ1v) is 6.00. The first-order valence-electron chi connectivity index (χ1n) is 4.85. The molecule has 1 amide bonds. The standard InChI is InChI=1S/C9H15NO4S/c11-7-2-1-3-10(4-7)8(12)5-15-6-9(13)14/h7,11H,1-6H2,(H,13,14). The molecule has 0 aromatic heterocycles. The van der Waals surface area contributed by atoms with Gasteiger partial charge in [0.1, 0.15) is 0 Å². The lowest BCUT2D eigenvalue weighted by molar-refractivity contribution is -0.133. The van der Waals surface area contributed by atoms with Crippen LogP contribution in [0.4, 0.5) is 0 Å². The van der Waals surface area contributed by atoms with E-state index in [9.17, 15) is 14.7 Å². The Kier molecular flexibility index (Phi) is 4.90. The van der Waals surface area contributed by atoms with Crippen LogP contribution in [0.15, 0.2) is 0 Å². The summed E-state index contributed by atoms with van der Waals surface area (Å²) in [7, 11) is 0. The molecule has 1 aliphatic heterocycles. The van der Waals surface area contributed by atoms with E-state index in [2.05, 4.69) is 0 Å². The van der Waals surface area contributed by atoms with E-state index in [1.54, 1.807) is 4.90 Å². The van der Waals surface area contributed by atoms with Crippen molar-refractivity contribution in [1.29, 1.82) is 0 Å². The van der Waals surface area contributed by atoms with Gasteiger partial charge < -0.3 is 15.1 Å². The van der Waals surface area contributed by atoms with Crippen molar-refractivity contribution in [3.05, 3.63) is 0 Å². The van der Waals surface area contributed by atoms with E-state index in [1.807, 2.05) is 0 Å². The van der Waals surface area contributed by atoms with Crippen LogP contribution >= 0.6 is 11.8 Å². The number of thioether (sulfide) groups is 1. The average Bonchev–Trinajstić information content (AvgIpc) is 2.17. The maximum atomic E-state index is 11.5. The molecule has 6 heteroatoms. The highest BCUT2D eigenvalue weighted by atomic mass is 32.2. The van der Waals surface area contributed by atoms with E-state index in [4.69, 9.17) is 5.11 Å². The number of carboxylic acid groups (broad SMARTS) is 1. The molecule has 0 aromatic rings. The van der Waals surface area contributed by atoms with Crippen LogP contribution in [-0.4, -0.2) is 57.7 Å². The first kappa shape index (κ1) is 12.3. The highest BCUT2D eigenvalue weighted by Crippen LogP contribution is 2.11. The Morgan fingerprint density at radius 3 is 2.73 bits per heavy atom. The van der Waals surface area contributed by atoms with Crippen molar-refractivity contribution in [3.63, 3.8) is 0 Å². The number of nitrogens with zero attached hydrogens (tertiary/aromatic N) is 1. The fourth-order valence-corrected chi connectivity index (χ4v) is 2.13. The van der Waals surface area contributed by atoms with E-state index in [0.717, 1.165) is 24.6 Å². The number of piperidine rings is 1. The second-order valence-corrected chi connectivity index (χ2v) is 4.51. The molecule has 0 radical (unpaired) electrons. The predicted octanol–water partition coefficient (Wildman–Crippen LogP) is -0.213. The Morgan fingerprint density at radius 1 is 1.40 bits per heavy atom. The lowest BCUT2D eigenvalue weighted by Crippen LogP contribution is -2.43. The fraction of sp³-hybridized carbons (Fsp3) is 0.778. The molecule has 1 saturated heterocycles. The fourth-order valence-electron chi connectivity index (χ4n) is 1.50. The van der Waals surface area contributed by atoms with Gasteiger partial charge >= 0.3 is 5.97 Å². The van der Waals surface area contributed by atoms with E-state index in [1.165, 1.54) is 0 Å². The summed E-state index contributed by atoms with van der Waals surface area (Å²) in [4.78, 5) is 23.3. The molecular formula is C9H15NO4S. The number of β-amino-alcohol motifs (C(OH)–C–C–N with tert-alkyl or cyclic N) is 1. The van der Waals surface area contributed by atoms with Crippen molar-refractivity contribution in [2.75, 3.05) is 24.6 Å². The molecule has 1 unspecified atom stereocenters. The number of carbonyl (C=O) groups excluding carboxylic acids is 1. The molecule has 15 heavy (non-hydrogen) atoms. The number of aliphatic hydroxyl groups is 1. The third-order valence-corrected chi connectivity index (χ3v) is 3.10. The zero-order valence-electron chi connectivity index (χ0n) is 8.39. The Morgan fingerprint density at radius 2 is 2.13 bits per heavy atom. The molecule has 5 nitrogen and oxygen atoms in total. The lowest BCUT2D eigenvalue weighted by Gasteiger charge is -2.29. The van der Waals surface area contributed by atoms with Crippen LogP contribution in [0, 0.1) is 0 Å². The zero-order valence-corrected chi connectivity index (χ0v) is 9.20. The molecule has 2 N–H and O–H groups in total. The number of aliphatic hydroxyl groups excluding tert-OH is 1. The van der Waals surface area contributed by atoms with Crippen LogP contribution in [0.3, 0.4) is 0 Å². The number of carbonyl (C=O) groups is 2. The topological polar surface area (TPSA) is 77.8 Å². The molecular weight excluding hydrogens is 218 g/mol. The van der Waals surface area contributed by atoms with E-state index in [-0.39, 0.29) is 17.4 Å². The minimum Gasteiger partial charge on any atom is -0.481 e. The smallest absolute Gasteiger partial charge is 0.313 e. The number of aliphatic carboxylic acids is 1. The molecule has 86 valence electrons. The SMILES string of the molecule is O=C(O)CSCC(=O)N1CCCC(O)C1. The van der Waals surface area contributed by atoms with Gasteiger partial charge in [-0.3, -0.25) is 9.59 Å². The summed E-state index contributed by atoms with van der Waals surface area (Å²) < 4.78 is 0. The van der Waals surface area contributed by atoms with Crippen LogP contribution in [-0.2, 0) is 9.59 Å². The van der Waals surface area contributed by atoms with Gasteiger partial charge in [-0.1, -0.05) is 0 Å². The largest absolute Gasteiger partial charge is 0.481 e. The molecule has 0 spiro atoms. The number of likely N-dealkylation sites (tertiary alicyclic amines) is 1. The molecule has 1 rings (SSSR count). The number of rotatable bonds is 4. The average molecular weight is 233 g/mol.